The molecule has 0 spiro atoms. The van der Waals surface area contributed by atoms with Gasteiger partial charge in [0.2, 0.25) is 5.91 Å². The average Bonchev–Trinajstić information content (AvgIpc) is 3.52. The Hall–Kier alpha value is -2.91. The van der Waals surface area contributed by atoms with Gasteiger partial charge in [0.25, 0.3) is 0 Å². The lowest BCUT2D eigenvalue weighted by atomic mass is 10.2. The molecule has 0 bridgehead atoms. The molecule has 3 aromatic heterocycles. The lowest BCUT2D eigenvalue weighted by Gasteiger charge is -2.10. The second kappa shape index (κ2) is 7.84. The molecule has 1 aliphatic heterocycles. The van der Waals surface area contributed by atoms with E-state index in [0.717, 1.165) is 30.4 Å². The first kappa shape index (κ1) is 18.1. The molecule has 1 fully saturated rings. The van der Waals surface area contributed by atoms with Gasteiger partial charge < -0.3 is 14.5 Å². The summed E-state index contributed by atoms with van der Waals surface area (Å²) in [5.41, 5.74) is 1.49. The molecule has 8 nitrogen and oxygen atoms in total. The zero-order valence-corrected chi connectivity index (χ0v) is 16.4. The Balaban J connectivity index is 1.43. The molecule has 0 aliphatic carbocycles. The lowest BCUT2D eigenvalue weighted by Crippen LogP contribution is -2.32. The van der Waals surface area contributed by atoms with E-state index in [0.29, 0.717) is 28.9 Å². The topological polar surface area (TPSA) is 94.5 Å². The quantitative estimate of drug-likeness (QED) is 0.489. The van der Waals surface area contributed by atoms with Crippen LogP contribution in [0.4, 0.5) is 0 Å². The van der Waals surface area contributed by atoms with E-state index in [1.807, 2.05) is 40.8 Å². The number of carbonyl (C=O) groups excluding carboxylic acids is 1. The number of thioether (sulfide) groups is 1. The number of hydrogen-bond donors (Lipinski definition) is 1. The van der Waals surface area contributed by atoms with Crippen molar-refractivity contribution in [2.24, 2.45) is 0 Å². The fraction of sp³-hybridized carbons (Fsp3) is 0.300. The van der Waals surface area contributed by atoms with E-state index in [4.69, 9.17) is 14.1 Å². The SMILES string of the molecule is O=C(CSc1nnc2c3ccccc3nc(-c3ccco3)n12)NC[C@@H]1CCCO1. The molecule has 5 rings (SSSR count). The van der Waals surface area contributed by atoms with E-state index in [-0.39, 0.29) is 17.8 Å². The van der Waals surface area contributed by atoms with Crippen molar-refractivity contribution in [3.05, 3.63) is 42.7 Å². The number of ether oxygens (including phenoxy) is 1. The summed E-state index contributed by atoms with van der Waals surface area (Å²) < 4.78 is 13.0. The summed E-state index contributed by atoms with van der Waals surface area (Å²) in [6, 6.07) is 11.4. The van der Waals surface area contributed by atoms with Crippen molar-refractivity contribution >= 4 is 34.2 Å². The number of hydrogen-bond acceptors (Lipinski definition) is 7. The Morgan fingerprint density at radius 2 is 2.17 bits per heavy atom. The molecule has 1 amide bonds. The van der Waals surface area contributed by atoms with Gasteiger partial charge in [-0.15, -0.1) is 10.2 Å². The number of furan rings is 1. The van der Waals surface area contributed by atoms with E-state index in [9.17, 15) is 4.79 Å². The van der Waals surface area contributed by atoms with Gasteiger partial charge in [-0.25, -0.2) is 4.98 Å². The van der Waals surface area contributed by atoms with Crippen LogP contribution in [0.15, 0.2) is 52.2 Å². The molecule has 1 aliphatic rings. The number of amides is 1. The molecule has 4 heterocycles. The van der Waals surface area contributed by atoms with E-state index in [1.54, 1.807) is 6.26 Å². The molecule has 1 aromatic carbocycles. The van der Waals surface area contributed by atoms with Gasteiger partial charge >= 0.3 is 0 Å². The molecule has 1 saturated heterocycles. The van der Waals surface area contributed by atoms with E-state index in [1.165, 1.54) is 11.8 Å². The Labute approximate surface area is 170 Å². The molecule has 1 N–H and O–H groups in total. The minimum Gasteiger partial charge on any atom is -0.461 e. The molecule has 0 unspecified atom stereocenters. The number of carbonyl (C=O) groups is 1. The highest BCUT2D eigenvalue weighted by atomic mass is 32.2. The van der Waals surface area contributed by atoms with Gasteiger partial charge in [-0.1, -0.05) is 23.9 Å². The number of nitrogens with one attached hydrogen (secondary N) is 1. The largest absolute Gasteiger partial charge is 0.461 e. The van der Waals surface area contributed by atoms with Crippen molar-refractivity contribution in [2.75, 3.05) is 18.9 Å². The smallest absolute Gasteiger partial charge is 0.230 e. The number of aromatic nitrogens is 4. The molecular weight excluding hydrogens is 390 g/mol. The molecule has 0 saturated carbocycles. The van der Waals surface area contributed by atoms with Crippen LogP contribution in [0.2, 0.25) is 0 Å². The molecule has 4 aromatic rings. The van der Waals surface area contributed by atoms with Gasteiger partial charge in [0, 0.05) is 18.5 Å². The third-order valence-corrected chi connectivity index (χ3v) is 5.77. The van der Waals surface area contributed by atoms with Crippen LogP contribution < -0.4 is 5.32 Å². The monoisotopic (exact) mass is 409 g/mol. The molecule has 29 heavy (non-hydrogen) atoms. The van der Waals surface area contributed by atoms with Crippen LogP contribution in [-0.2, 0) is 9.53 Å². The van der Waals surface area contributed by atoms with Crippen LogP contribution in [0.1, 0.15) is 12.8 Å². The Kier molecular flexibility index (Phi) is 4.91. The van der Waals surface area contributed by atoms with Crippen molar-refractivity contribution < 1.29 is 13.9 Å². The fourth-order valence-corrected chi connectivity index (χ4v) is 4.20. The average molecular weight is 409 g/mol. The second-order valence-electron chi connectivity index (χ2n) is 6.80. The van der Waals surface area contributed by atoms with Crippen molar-refractivity contribution in [1.29, 1.82) is 0 Å². The zero-order valence-electron chi connectivity index (χ0n) is 15.6. The fourth-order valence-electron chi connectivity index (χ4n) is 3.44. The zero-order chi connectivity index (χ0) is 19.6. The number of fused-ring (bicyclic) bond motifs is 3. The van der Waals surface area contributed by atoms with E-state index in [2.05, 4.69) is 15.5 Å². The highest BCUT2D eigenvalue weighted by molar-refractivity contribution is 7.99. The van der Waals surface area contributed by atoms with Gasteiger partial charge in [0.15, 0.2) is 22.4 Å². The van der Waals surface area contributed by atoms with Crippen LogP contribution in [-0.4, -0.2) is 50.5 Å². The van der Waals surface area contributed by atoms with Crippen LogP contribution >= 0.6 is 11.8 Å². The maximum Gasteiger partial charge on any atom is 0.230 e. The summed E-state index contributed by atoms with van der Waals surface area (Å²) in [4.78, 5) is 17.0. The Morgan fingerprint density at radius 3 is 3.00 bits per heavy atom. The third kappa shape index (κ3) is 3.58. The second-order valence-corrected chi connectivity index (χ2v) is 7.74. The number of rotatable bonds is 6. The van der Waals surface area contributed by atoms with Gasteiger partial charge in [-0.3, -0.25) is 9.20 Å². The van der Waals surface area contributed by atoms with Crippen LogP contribution in [0.5, 0.6) is 0 Å². The van der Waals surface area contributed by atoms with Gasteiger partial charge in [-0.2, -0.15) is 0 Å². The Morgan fingerprint density at radius 1 is 1.24 bits per heavy atom. The third-order valence-electron chi connectivity index (χ3n) is 4.84. The lowest BCUT2D eigenvalue weighted by molar-refractivity contribution is -0.119. The Bertz CT molecular complexity index is 1150. The summed E-state index contributed by atoms with van der Waals surface area (Å²) in [5, 5.41) is 13.1. The minimum atomic E-state index is -0.0597. The summed E-state index contributed by atoms with van der Waals surface area (Å²) in [6.45, 7) is 1.32. The van der Waals surface area contributed by atoms with E-state index >= 15 is 0 Å². The van der Waals surface area contributed by atoms with Crippen LogP contribution in [0.25, 0.3) is 28.1 Å². The number of para-hydroxylation sites is 1. The molecule has 148 valence electrons. The van der Waals surface area contributed by atoms with Crippen molar-refractivity contribution in [3.8, 4) is 11.6 Å². The van der Waals surface area contributed by atoms with Crippen LogP contribution in [0, 0.1) is 0 Å². The normalized spacial score (nSPS) is 16.6. The first-order valence-corrected chi connectivity index (χ1v) is 10.5. The van der Waals surface area contributed by atoms with Gasteiger partial charge in [-0.05, 0) is 37.1 Å². The summed E-state index contributed by atoms with van der Waals surface area (Å²) >= 11 is 1.32. The highest BCUT2D eigenvalue weighted by Gasteiger charge is 2.20. The standard InChI is InChI=1S/C20H19N5O3S/c26-17(21-11-13-5-3-9-27-13)12-29-20-24-23-18-14-6-1-2-7-15(14)22-19(25(18)20)16-8-4-10-28-16/h1-2,4,6-8,10,13H,3,5,9,11-12H2,(H,21,26)/t13-/m0/s1. The molecule has 0 radical (unpaired) electrons. The van der Waals surface area contributed by atoms with E-state index < -0.39 is 0 Å². The first-order valence-electron chi connectivity index (χ1n) is 9.48. The summed E-state index contributed by atoms with van der Waals surface area (Å²) in [6.07, 6.45) is 3.78. The molecular formula is C20H19N5O3S. The summed E-state index contributed by atoms with van der Waals surface area (Å²) in [7, 11) is 0. The highest BCUT2D eigenvalue weighted by Crippen LogP contribution is 2.29. The number of nitrogens with zero attached hydrogens (tertiary/aromatic N) is 4. The van der Waals surface area contributed by atoms with Crippen molar-refractivity contribution in [2.45, 2.75) is 24.1 Å². The predicted octanol–water partition coefficient (Wildman–Crippen LogP) is 2.92. The molecule has 9 heteroatoms. The van der Waals surface area contributed by atoms with Gasteiger partial charge in [0.05, 0.1) is 23.6 Å². The number of benzene rings is 1. The van der Waals surface area contributed by atoms with Crippen molar-refractivity contribution in [1.82, 2.24) is 24.9 Å². The van der Waals surface area contributed by atoms with Crippen LogP contribution in [0.3, 0.4) is 0 Å². The summed E-state index contributed by atoms with van der Waals surface area (Å²) in [5.74, 6) is 1.40. The molecule has 1 atom stereocenters. The minimum absolute atomic E-state index is 0.0597. The predicted molar refractivity (Wildman–Crippen MR) is 109 cm³/mol. The maximum absolute atomic E-state index is 12.3. The van der Waals surface area contributed by atoms with Gasteiger partial charge in [0.1, 0.15) is 0 Å². The first-order chi connectivity index (χ1) is 14.3. The maximum atomic E-state index is 12.3. The van der Waals surface area contributed by atoms with Crippen molar-refractivity contribution in [3.63, 3.8) is 0 Å².